The molecule has 3 rings (SSSR count). The molecule has 0 radical (unpaired) electrons. The fourth-order valence-corrected chi connectivity index (χ4v) is 3.11. The highest BCUT2D eigenvalue weighted by molar-refractivity contribution is 6.30. The molecule has 1 aliphatic rings. The first-order valence-electron chi connectivity index (χ1n) is 8.79. The van der Waals surface area contributed by atoms with E-state index in [0.717, 1.165) is 44.0 Å². The summed E-state index contributed by atoms with van der Waals surface area (Å²) in [6.45, 7) is 4.86. The smallest absolute Gasteiger partial charge is 0.244 e. The van der Waals surface area contributed by atoms with E-state index in [1.807, 2.05) is 36.4 Å². The van der Waals surface area contributed by atoms with Crippen molar-refractivity contribution in [2.45, 2.75) is 13.1 Å². The van der Waals surface area contributed by atoms with Crippen LogP contribution in [0.2, 0.25) is 5.02 Å². The number of nitrogens with zero attached hydrogens (tertiary/aromatic N) is 1. The summed E-state index contributed by atoms with van der Waals surface area (Å²) in [7, 11) is 0. The second-order valence-electron chi connectivity index (χ2n) is 6.26. The molecule has 2 aromatic carbocycles. The lowest BCUT2D eigenvalue weighted by molar-refractivity contribution is -0.116. The van der Waals surface area contributed by atoms with Crippen molar-refractivity contribution in [2.75, 3.05) is 26.3 Å². The first-order valence-corrected chi connectivity index (χ1v) is 9.17. The molecule has 2 aromatic rings. The van der Waals surface area contributed by atoms with E-state index >= 15 is 0 Å². The van der Waals surface area contributed by atoms with Crippen molar-refractivity contribution < 1.29 is 9.53 Å². The van der Waals surface area contributed by atoms with Crippen molar-refractivity contribution in [3.8, 4) is 0 Å². The van der Waals surface area contributed by atoms with Crippen LogP contribution < -0.4 is 5.32 Å². The van der Waals surface area contributed by atoms with E-state index < -0.39 is 0 Å². The van der Waals surface area contributed by atoms with Gasteiger partial charge in [-0.15, -0.1) is 0 Å². The molecule has 1 aliphatic heterocycles. The second kappa shape index (κ2) is 9.53. The number of benzene rings is 2. The highest BCUT2D eigenvalue weighted by Gasteiger charge is 2.12. The van der Waals surface area contributed by atoms with E-state index in [1.54, 1.807) is 6.08 Å². The molecule has 0 aliphatic carbocycles. The standard InChI is InChI=1S/C21H23ClN2O2/c22-20-7-3-4-17(14-20)8-9-21(25)23-15-18-5-1-2-6-19(18)16-24-10-12-26-13-11-24/h1-9,14H,10-13,15-16H2,(H,23,25)/b9-8+. The number of rotatable bonds is 6. The fraction of sp³-hybridized carbons (Fsp3) is 0.286. The van der Waals surface area contributed by atoms with Gasteiger partial charge in [0.2, 0.25) is 5.91 Å². The molecule has 1 N–H and O–H groups in total. The number of halogens is 1. The lowest BCUT2D eigenvalue weighted by Crippen LogP contribution is -2.36. The molecule has 4 nitrogen and oxygen atoms in total. The van der Waals surface area contributed by atoms with Gasteiger partial charge in [0, 0.05) is 37.3 Å². The van der Waals surface area contributed by atoms with Crippen LogP contribution in [0.15, 0.2) is 54.6 Å². The van der Waals surface area contributed by atoms with Gasteiger partial charge in [-0.2, -0.15) is 0 Å². The normalized spacial score (nSPS) is 15.3. The van der Waals surface area contributed by atoms with Crippen molar-refractivity contribution >= 4 is 23.6 Å². The van der Waals surface area contributed by atoms with Crippen molar-refractivity contribution in [3.05, 3.63) is 76.3 Å². The number of hydrogen-bond acceptors (Lipinski definition) is 3. The molecule has 0 spiro atoms. The zero-order chi connectivity index (χ0) is 18.2. The molecule has 1 amide bonds. The lowest BCUT2D eigenvalue weighted by Gasteiger charge is -2.27. The molecule has 5 heteroatoms. The fourth-order valence-electron chi connectivity index (χ4n) is 2.91. The molecule has 0 aromatic heterocycles. The van der Waals surface area contributed by atoms with Gasteiger partial charge in [-0.1, -0.05) is 48.0 Å². The molecular weight excluding hydrogens is 348 g/mol. The second-order valence-corrected chi connectivity index (χ2v) is 6.70. The lowest BCUT2D eigenvalue weighted by atomic mass is 10.1. The van der Waals surface area contributed by atoms with Crippen LogP contribution in [0.4, 0.5) is 0 Å². The molecule has 26 heavy (non-hydrogen) atoms. The third-order valence-electron chi connectivity index (χ3n) is 4.34. The van der Waals surface area contributed by atoms with Crippen molar-refractivity contribution in [3.63, 3.8) is 0 Å². The van der Waals surface area contributed by atoms with E-state index in [-0.39, 0.29) is 5.91 Å². The Labute approximate surface area is 159 Å². The Hall–Kier alpha value is -2.14. The monoisotopic (exact) mass is 370 g/mol. The maximum Gasteiger partial charge on any atom is 0.244 e. The number of carbonyl (C=O) groups is 1. The van der Waals surface area contributed by atoms with Crippen LogP contribution in [0.5, 0.6) is 0 Å². The van der Waals surface area contributed by atoms with Gasteiger partial charge >= 0.3 is 0 Å². The van der Waals surface area contributed by atoms with Gasteiger partial charge in [0.1, 0.15) is 0 Å². The van der Waals surface area contributed by atoms with E-state index in [1.165, 1.54) is 11.6 Å². The average molecular weight is 371 g/mol. The minimum absolute atomic E-state index is 0.119. The van der Waals surface area contributed by atoms with Crippen molar-refractivity contribution in [1.82, 2.24) is 10.2 Å². The third kappa shape index (κ3) is 5.70. The first-order chi connectivity index (χ1) is 12.7. The van der Waals surface area contributed by atoms with E-state index in [0.29, 0.717) is 11.6 Å². The van der Waals surface area contributed by atoms with Crippen LogP contribution in [0.1, 0.15) is 16.7 Å². The molecule has 136 valence electrons. The van der Waals surface area contributed by atoms with Gasteiger partial charge in [0.25, 0.3) is 0 Å². The first kappa shape index (κ1) is 18.6. The van der Waals surface area contributed by atoms with Gasteiger partial charge in [0.15, 0.2) is 0 Å². The molecule has 0 saturated carbocycles. The minimum atomic E-state index is -0.119. The third-order valence-corrected chi connectivity index (χ3v) is 4.58. The SMILES string of the molecule is O=C(/C=C/c1cccc(Cl)c1)NCc1ccccc1CN1CCOCC1. The van der Waals surface area contributed by atoms with E-state index in [9.17, 15) is 4.79 Å². The maximum atomic E-state index is 12.1. The Kier molecular flexibility index (Phi) is 6.83. The van der Waals surface area contributed by atoms with Gasteiger partial charge in [-0.25, -0.2) is 0 Å². The summed E-state index contributed by atoms with van der Waals surface area (Å²) in [5.74, 6) is -0.119. The highest BCUT2D eigenvalue weighted by atomic mass is 35.5. The van der Waals surface area contributed by atoms with Crippen LogP contribution in [-0.4, -0.2) is 37.1 Å². The highest BCUT2D eigenvalue weighted by Crippen LogP contribution is 2.14. The number of ether oxygens (including phenoxy) is 1. The Bertz CT molecular complexity index is 770. The summed E-state index contributed by atoms with van der Waals surface area (Å²) in [5.41, 5.74) is 3.29. The average Bonchev–Trinajstić information content (AvgIpc) is 2.66. The maximum absolute atomic E-state index is 12.1. The summed E-state index contributed by atoms with van der Waals surface area (Å²) in [4.78, 5) is 14.5. The Morgan fingerprint density at radius 2 is 1.88 bits per heavy atom. The van der Waals surface area contributed by atoms with Crippen LogP contribution >= 0.6 is 11.6 Å². The molecule has 1 saturated heterocycles. The van der Waals surface area contributed by atoms with Crippen LogP contribution in [-0.2, 0) is 22.6 Å². The van der Waals surface area contributed by atoms with E-state index in [2.05, 4.69) is 22.3 Å². The number of carbonyl (C=O) groups excluding carboxylic acids is 1. The quantitative estimate of drug-likeness (QED) is 0.791. The minimum Gasteiger partial charge on any atom is -0.379 e. The van der Waals surface area contributed by atoms with Crippen LogP contribution in [0, 0.1) is 0 Å². The van der Waals surface area contributed by atoms with Crippen LogP contribution in [0.3, 0.4) is 0 Å². The summed E-state index contributed by atoms with van der Waals surface area (Å²) < 4.78 is 5.40. The van der Waals surface area contributed by atoms with Gasteiger partial charge in [0.05, 0.1) is 13.2 Å². The summed E-state index contributed by atoms with van der Waals surface area (Å²) >= 11 is 5.95. The number of hydrogen-bond donors (Lipinski definition) is 1. The van der Waals surface area contributed by atoms with Gasteiger partial charge in [-0.05, 0) is 34.9 Å². The molecule has 0 unspecified atom stereocenters. The van der Waals surface area contributed by atoms with Crippen molar-refractivity contribution in [1.29, 1.82) is 0 Å². The zero-order valence-electron chi connectivity index (χ0n) is 14.7. The van der Waals surface area contributed by atoms with Crippen LogP contribution in [0.25, 0.3) is 6.08 Å². The summed E-state index contributed by atoms with van der Waals surface area (Å²) in [6, 6.07) is 15.6. The largest absolute Gasteiger partial charge is 0.379 e. The number of morpholine rings is 1. The summed E-state index contributed by atoms with van der Waals surface area (Å²) in [6.07, 6.45) is 3.30. The van der Waals surface area contributed by atoms with Crippen molar-refractivity contribution in [2.24, 2.45) is 0 Å². The Morgan fingerprint density at radius 1 is 1.12 bits per heavy atom. The molecule has 1 fully saturated rings. The molecule has 1 heterocycles. The predicted octanol–water partition coefficient (Wildman–Crippen LogP) is 3.50. The number of nitrogens with one attached hydrogen (secondary N) is 1. The van der Waals surface area contributed by atoms with E-state index in [4.69, 9.17) is 16.3 Å². The van der Waals surface area contributed by atoms with Gasteiger partial charge in [-0.3, -0.25) is 9.69 Å². The molecular formula is C21H23ClN2O2. The number of amides is 1. The van der Waals surface area contributed by atoms with Gasteiger partial charge < -0.3 is 10.1 Å². The molecule has 0 bridgehead atoms. The summed E-state index contributed by atoms with van der Waals surface area (Å²) in [5, 5.41) is 3.62. The Balaban J connectivity index is 1.56. The topological polar surface area (TPSA) is 41.6 Å². The zero-order valence-corrected chi connectivity index (χ0v) is 15.4. The molecule has 0 atom stereocenters. The predicted molar refractivity (Wildman–Crippen MR) is 105 cm³/mol. The Morgan fingerprint density at radius 3 is 2.65 bits per heavy atom.